The Morgan fingerprint density at radius 1 is 0.245 bits per heavy atom. The van der Waals surface area contributed by atoms with Crippen molar-refractivity contribution in [1.82, 2.24) is 0 Å². The number of hydrogen-bond donors (Lipinski definition) is 0. The fourth-order valence-corrected chi connectivity index (χ4v) is 8.23. The van der Waals surface area contributed by atoms with E-state index in [4.69, 9.17) is 4.42 Å². The van der Waals surface area contributed by atoms with Crippen molar-refractivity contribution in [3.63, 3.8) is 0 Å². The first-order valence-electron chi connectivity index (χ1n) is 16.9. The first-order valence-corrected chi connectivity index (χ1v) is 16.9. The maximum Gasteiger partial charge on any atom is 0.136 e. The quantitative estimate of drug-likeness (QED) is 0.175. The molecule has 1 heteroatoms. The smallest absolute Gasteiger partial charge is 0.136 e. The highest BCUT2D eigenvalue weighted by Gasteiger charge is 2.15. The minimum Gasteiger partial charge on any atom is -0.456 e. The number of hydrogen-bond acceptors (Lipinski definition) is 1. The van der Waals surface area contributed by atoms with Crippen LogP contribution < -0.4 is 0 Å². The Kier molecular flexibility index (Phi) is 5.45. The van der Waals surface area contributed by atoms with Crippen molar-refractivity contribution in [3.05, 3.63) is 170 Å². The molecule has 0 bridgehead atoms. The first kappa shape index (κ1) is 26.6. The topological polar surface area (TPSA) is 13.1 Å². The summed E-state index contributed by atoms with van der Waals surface area (Å²) in [6.07, 6.45) is 0. The van der Waals surface area contributed by atoms with Gasteiger partial charge in [0, 0.05) is 10.8 Å². The Balaban J connectivity index is 1.12. The fraction of sp³-hybridized carbons (Fsp3) is 0. The second kappa shape index (κ2) is 10.0. The standard InChI is InChI=1S/C48H28O/c1-2-10-30-23-33(19-17-29(30)9-1)42-26-34-20-18-31(24-41(34)35-11-3-4-12-36(35)42)32-21-22-39-43(25-32)37-13-5-6-14-38(37)44-27-46-40-15-7-8-16-47(40)49-48(46)28-45(39)44/h1-28H. The molecule has 49 heavy (non-hydrogen) atoms. The normalized spacial score (nSPS) is 12.1. The lowest BCUT2D eigenvalue weighted by Crippen LogP contribution is -1.87. The van der Waals surface area contributed by atoms with Crippen molar-refractivity contribution in [3.8, 4) is 22.3 Å². The summed E-state index contributed by atoms with van der Waals surface area (Å²) >= 11 is 0. The number of para-hydroxylation sites is 1. The number of rotatable bonds is 2. The van der Waals surface area contributed by atoms with Crippen molar-refractivity contribution in [2.75, 3.05) is 0 Å². The largest absolute Gasteiger partial charge is 0.456 e. The van der Waals surface area contributed by atoms with Crippen LogP contribution in [0.3, 0.4) is 0 Å². The highest BCUT2D eigenvalue weighted by molar-refractivity contribution is 6.28. The lowest BCUT2D eigenvalue weighted by atomic mass is 9.89. The monoisotopic (exact) mass is 620 g/mol. The lowest BCUT2D eigenvalue weighted by Gasteiger charge is -2.14. The van der Waals surface area contributed by atoms with E-state index in [1.165, 1.54) is 86.9 Å². The predicted molar refractivity (Wildman–Crippen MR) is 210 cm³/mol. The van der Waals surface area contributed by atoms with Gasteiger partial charge in [-0.25, -0.2) is 0 Å². The van der Waals surface area contributed by atoms with Gasteiger partial charge in [0.2, 0.25) is 0 Å². The van der Waals surface area contributed by atoms with Gasteiger partial charge in [0.15, 0.2) is 0 Å². The van der Waals surface area contributed by atoms with Crippen LogP contribution in [0.1, 0.15) is 0 Å². The zero-order chi connectivity index (χ0) is 32.1. The summed E-state index contributed by atoms with van der Waals surface area (Å²) in [6.45, 7) is 0. The van der Waals surface area contributed by atoms with Crippen molar-refractivity contribution in [1.29, 1.82) is 0 Å². The summed E-state index contributed by atoms with van der Waals surface area (Å²) in [5.74, 6) is 0. The molecule has 0 spiro atoms. The maximum absolute atomic E-state index is 6.35. The van der Waals surface area contributed by atoms with E-state index in [1.54, 1.807) is 0 Å². The van der Waals surface area contributed by atoms with Gasteiger partial charge in [-0.1, -0.05) is 127 Å². The van der Waals surface area contributed by atoms with Gasteiger partial charge in [-0.05, 0) is 129 Å². The van der Waals surface area contributed by atoms with Crippen LogP contribution in [0.15, 0.2) is 174 Å². The number of fused-ring (bicyclic) bond motifs is 13. The molecule has 0 fully saturated rings. The van der Waals surface area contributed by atoms with Gasteiger partial charge in [0.1, 0.15) is 11.2 Å². The van der Waals surface area contributed by atoms with Crippen molar-refractivity contribution in [2.45, 2.75) is 0 Å². The van der Waals surface area contributed by atoms with Gasteiger partial charge in [-0.2, -0.15) is 0 Å². The third kappa shape index (κ3) is 3.94. The Bertz CT molecular complexity index is 3160. The molecule has 0 aliphatic rings. The van der Waals surface area contributed by atoms with Gasteiger partial charge >= 0.3 is 0 Å². The Labute approximate surface area is 282 Å². The minimum absolute atomic E-state index is 0.928. The van der Waals surface area contributed by atoms with Crippen LogP contribution in [-0.2, 0) is 0 Å². The molecule has 10 aromatic carbocycles. The van der Waals surface area contributed by atoms with Crippen LogP contribution in [-0.4, -0.2) is 0 Å². The van der Waals surface area contributed by atoms with Crippen LogP contribution in [0.5, 0.6) is 0 Å². The molecule has 0 saturated heterocycles. The summed E-state index contributed by atoms with van der Waals surface area (Å²) in [4.78, 5) is 0. The predicted octanol–water partition coefficient (Wildman–Crippen LogP) is 13.8. The molecule has 0 N–H and O–H groups in total. The van der Waals surface area contributed by atoms with E-state index >= 15 is 0 Å². The molecule has 226 valence electrons. The molecule has 1 nitrogen and oxygen atoms in total. The Hall–Kier alpha value is -6.44. The molecule has 0 unspecified atom stereocenters. The number of furan rings is 1. The molecule has 0 atom stereocenters. The van der Waals surface area contributed by atoms with Gasteiger partial charge < -0.3 is 4.42 Å². The van der Waals surface area contributed by atoms with E-state index in [0.29, 0.717) is 0 Å². The second-order valence-electron chi connectivity index (χ2n) is 13.3. The average molecular weight is 621 g/mol. The summed E-state index contributed by atoms with van der Waals surface area (Å²) < 4.78 is 6.35. The van der Waals surface area contributed by atoms with Crippen LogP contribution in [0.2, 0.25) is 0 Å². The molecule has 0 radical (unpaired) electrons. The van der Waals surface area contributed by atoms with Crippen LogP contribution in [0, 0.1) is 0 Å². The van der Waals surface area contributed by atoms with E-state index in [-0.39, 0.29) is 0 Å². The molecule has 1 aromatic heterocycles. The molecule has 11 aromatic rings. The third-order valence-corrected chi connectivity index (χ3v) is 10.6. The number of benzene rings is 10. The SMILES string of the molecule is c1ccc2cc(-c3cc4ccc(-c5ccc6c(c5)c5ccccc5c5cc7c(cc65)oc5ccccc57)cc4c4ccccc34)ccc2c1. The van der Waals surface area contributed by atoms with E-state index in [0.717, 1.165) is 21.9 Å². The highest BCUT2D eigenvalue weighted by Crippen LogP contribution is 2.42. The lowest BCUT2D eigenvalue weighted by molar-refractivity contribution is 0.669. The Morgan fingerprint density at radius 3 is 1.61 bits per heavy atom. The molecule has 0 aliphatic carbocycles. The van der Waals surface area contributed by atoms with Gasteiger partial charge in [0.05, 0.1) is 0 Å². The molecular formula is C48H28O. The molecule has 1 heterocycles. The van der Waals surface area contributed by atoms with Gasteiger partial charge in [-0.3, -0.25) is 0 Å². The van der Waals surface area contributed by atoms with E-state index in [2.05, 4.69) is 164 Å². The van der Waals surface area contributed by atoms with E-state index in [9.17, 15) is 0 Å². The maximum atomic E-state index is 6.35. The molecule has 0 amide bonds. The van der Waals surface area contributed by atoms with Crippen LogP contribution >= 0.6 is 0 Å². The summed E-state index contributed by atoms with van der Waals surface area (Å²) in [7, 11) is 0. The van der Waals surface area contributed by atoms with Gasteiger partial charge in [0.25, 0.3) is 0 Å². The van der Waals surface area contributed by atoms with Crippen molar-refractivity contribution >= 4 is 86.6 Å². The van der Waals surface area contributed by atoms with E-state index < -0.39 is 0 Å². The molecule has 0 aliphatic heterocycles. The second-order valence-corrected chi connectivity index (χ2v) is 13.3. The van der Waals surface area contributed by atoms with Crippen molar-refractivity contribution < 1.29 is 4.42 Å². The summed E-state index contributed by atoms with van der Waals surface area (Å²) in [5.41, 5.74) is 6.80. The Morgan fingerprint density at radius 2 is 0.796 bits per heavy atom. The van der Waals surface area contributed by atoms with Gasteiger partial charge in [-0.15, -0.1) is 0 Å². The van der Waals surface area contributed by atoms with E-state index in [1.807, 2.05) is 6.07 Å². The summed E-state index contributed by atoms with van der Waals surface area (Å²) in [6, 6.07) is 62.3. The molecular weight excluding hydrogens is 593 g/mol. The van der Waals surface area contributed by atoms with Crippen LogP contribution in [0.4, 0.5) is 0 Å². The molecule has 11 rings (SSSR count). The molecule has 0 saturated carbocycles. The van der Waals surface area contributed by atoms with Crippen LogP contribution in [0.25, 0.3) is 109 Å². The summed E-state index contributed by atoms with van der Waals surface area (Å²) in [5, 5.41) is 17.4. The van der Waals surface area contributed by atoms with Crippen molar-refractivity contribution in [2.24, 2.45) is 0 Å². The highest BCUT2D eigenvalue weighted by atomic mass is 16.3. The zero-order valence-electron chi connectivity index (χ0n) is 26.6. The minimum atomic E-state index is 0.928. The fourth-order valence-electron chi connectivity index (χ4n) is 8.23. The first-order chi connectivity index (χ1) is 24.3. The average Bonchev–Trinajstić information content (AvgIpc) is 3.54. The zero-order valence-corrected chi connectivity index (χ0v) is 26.6. The third-order valence-electron chi connectivity index (χ3n) is 10.6.